The van der Waals surface area contributed by atoms with Crippen LogP contribution in [0.2, 0.25) is 0 Å². The number of rotatable bonds is 7. The molecule has 0 saturated carbocycles. The van der Waals surface area contributed by atoms with Gasteiger partial charge in [0.25, 0.3) is 0 Å². The maximum absolute atomic E-state index is 5.79. The number of hydrogen-bond acceptors (Lipinski definition) is 6. The van der Waals surface area contributed by atoms with Crippen molar-refractivity contribution in [2.75, 3.05) is 11.9 Å². The number of benzene rings is 1. The van der Waals surface area contributed by atoms with Crippen LogP contribution in [0.3, 0.4) is 0 Å². The highest BCUT2D eigenvalue weighted by Gasteiger charge is 2.11. The number of hydrogen-bond donors (Lipinski definition) is 1. The maximum Gasteiger partial charge on any atom is 0.186 e. The Kier molecular flexibility index (Phi) is 4.90. The third-order valence-corrected chi connectivity index (χ3v) is 4.60. The lowest BCUT2D eigenvalue weighted by molar-refractivity contribution is 0.115. The van der Waals surface area contributed by atoms with Gasteiger partial charge in [0.2, 0.25) is 0 Å². The fraction of sp³-hybridized carbons (Fsp3) is 0.211. The fourth-order valence-electron chi connectivity index (χ4n) is 2.66. The van der Waals surface area contributed by atoms with Crippen LogP contribution in [-0.4, -0.2) is 32.5 Å². The third-order valence-electron chi connectivity index (χ3n) is 3.92. The first-order valence-corrected chi connectivity index (χ1v) is 9.37. The Morgan fingerprint density at radius 1 is 1.12 bits per heavy atom. The van der Waals surface area contributed by atoms with Crippen molar-refractivity contribution in [3.63, 3.8) is 0 Å². The molecule has 0 spiro atoms. The van der Waals surface area contributed by atoms with Crippen molar-refractivity contribution in [2.45, 2.75) is 19.6 Å². The van der Waals surface area contributed by atoms with Gasteiger partial charge >= 0.3 is 0 Å². The van der Waals surface area contributed by atoms with Gasteiger partial charge in [0.05, 0.1) is 13.2 Å². The van der Waals surface area contributed by atoms with Gasteiger partial charge in [-0.05, 0) is 36.1 Å². The lowest BCUT2D eigenvalue weighted by Crippen LogP contribution is -2.22. The van der Waals surface area contributed by atoms with E-state index in [1.807, 2.05) is 47.2 Å². The lowest BCUT2D eigenvalue weighted by Gasteiger charge is -2.15. The highest BCUT2D eigenvalue weighted by molar-refractivity contribution is 7.08. The molecule has 3 heterocycles. The Morgan fingerprint density at radius 3 is 2.81 bits per heavy atom. The monoisotopic (exact) mass is 365 g/mol. The molecule has 1 atom stereocenters. The van der Waals surface area contributed by atoms with Gasteiger partial charge in [0, 0.05) is 17.0 Å². The van der Waals surface area contributed by atoms with Gasteiger partial charge < -0.3 is 10.1 Å². The summed E-state index contributed by atoms with van der Waals surface area (Å²) in [5.74, 6) is 1.52. The topological polar surface area (TPSA) is 64.3 Å². The van der Waals surface area contributed by atoms with E-state index in [4.69, 9.17) is 4.74 Å². The van der Waals surface area contributed by atoms with Gasteiger partial charge in [0.1, 0.15) is 5.82 Å². The molecule has 0 radical (unpaired) electrons. The summed E-state index contributed by atoms with van der Waals surface area (Å²) in [6.45, 7) is 3.27. The molecule has 4 aromatic rings. The molecule has 0 fully saturated rings. The van der Waals surface area contributed by atoms with Gasteiger partial charge in [-0.3, -0.25) is 0 Å². The summed E-state index contributed by atoms with van der Waals surface area (Å²) in [6.07, 6.45) is 0. The van der Waals surface area contributed by atoms with Crippen molar-refractivity contribution >= 4 is 22.8 Å². The van der Waals surface area contributed by atoms with Crippen LogP contribution in [0, 0.1) is 0 Å². The zero-order valence-corrected chi connectivity index (χ0v) is 15.2. The summed E-state index contributed by atoms with van der Waals surface area (Å²) in [4.78, 5) is 0. The number of fused-ring (bicyclic) bond motifs is 1. The van der Waals surface area contributed by atoms with Crippen molar-refractivity contribution in [1.29, 1.82) is 0 Å². The van der Waals surface area contributed by atoms with Crippen molar-refractivity contribution in [3.05, 3.63) is 64.9 Å². The standard InChI is InChI=1S/C19H19N5OS/c1-14(11-25-12-15-5-3-2-4-6-15)20-17-7-8-18-21-22-19(24(18)23-17)16-9-10-26-13-16/h2-10,13-14H,11-12H2,1H3,(H,20,23). The van der Waals surface area contributed by atoms with Crippen molar-refractivity contribution < 1.29 is 4.74 Å². The van der Waals surface area contributed by atoms with Gasteiger partial charge in [-0.15, -0.1) is 15.3 Å². The molecule has 1 unspecified atom stereocenters. The Hall–Kier alpha value is -2.77. The average Bonchev–Trinajstić information content (AvgIpc) is 3.31. The molecule has 6 nitrogen and oxygen atoms in total. The SMILES string of the molecule is CC(COCc1ccccc1)Nc1ccc2nnc(-c3ccsc3)n2n1. The van der Waals surface area contributed by atoms with E-state index in [9.17, 15) is 0 Å². The Labute approximate surface area is 155 Å². The van der Waals surface area contributed by atoms with Crippen molar-refractivity contribution in [1.82, 2.24) is 19.8 Å². The van der Waals surface area contributed by atoms with E-state index < -0.39 is 0 Å². The Bertz CT molecular complexity index is 968. The average molecular weight is 365 g/mol. The second-order valence-electron chi connectivity index (χ2n) is 6.07. The molecule has 4 rings (SSSR count). The van der Waals surface area contributed by atoms with Crippen LogP contribution < -0.4 is 5.32 Å². The number of ether oxygens (including phenoxy) is 1. The van der Waals surface area contributed by atoms with Crippen LogP contribution in [0.1, 0.15) is 12.5 Å². The van der Waals surface area contributed by atoms with Crippen LogP contribution >= 0.6 is 11.3 Å². The zero-order valence-electron chi connectivity index (χ0n) is 14.4. The van der Waals surface area contributed by atoms with E-state index in [2.05, 4.69) is 39.7 Å². The summed E-state index contributed by atoms with van der Waals surface area (Å²) < 4.78 is 7.55. The summed E-state index contributed by atoms with van der Waals surface area (Å²) in [7, 11) is 0. The van der Waals surface area contributed by atoms with Gasteiger partial charge in [0.15, 0.2) is 11.5 Å². The highest BCUT2D eigenvalue weighted by atomic mass is 32.1. The predicted octanol–water partition coefficient (Wildman–Crippen LogP) is 3.87. The van der Waals surface area contributed by atoms with E-state index in [1.165, 1.54) is 5.56 Å². The number of aromatic nitrogens is 4. The Morgan fingerprint density at radius 2 is 2.00 bits per heavy atom. The normalized spacial score (nSPS) is 12.3. The van der Waals surface area contributed by atoms with E-state index >= 15 is 0 Å². The van der Waals surface area contributed by atoms with E-state index in [0.717, 1.165) is 22.9 Å². The molecule has 3 aromatic heterocycles. The minimum absolute atomic E-state index is 0.129. The smallest absolute Gasteiger partial charge is 0.186 e. The lowest BCUT2D eigenvalue weighted by atomic mass is 10.2. The highest BCUT2D eigenvalue weighted by Crippen LogP contribution is 2.21. The molecule has 26 heavy (non-hydrogen) atoms. The summed E-state index contributed by atoms with van der Waals surface area (Å²) in [6, 6.07) is 16.1. The molecule has 0 saturated heterocycles. The first kappa shape index (κ1) is 16.7. The minimum Gasteiger partial charge on any atom is -0.375 e. The predicted molar refractivity (Wildman–Crippen MR) is 103 cm³/mol. The van der Waals surface area contributed by atoms with Crippen molar-refractivity contribution in [2.24, 2.45) is 0 Å². The minimum atomic E-state index is 0.129. The molecule has 1 N–H and O–H groups in total. The molecule has 132 valence electrons. The van der Waals surface area contributed by atoms with Crippen LogP contribution in [0.15, 0.2) is 59.3 Å². The molecule has 7 heteroatoms. The van der Waals surface area contributed by atoms with Gasteiger partial charge in [-0.2, -0.15) is 15.9 Å². The summed E-state index contributed by atoms with van der Waals surface area (Å²) in [5.41, 5.74) is 2.92. The molecular weight excluding hydrogens is 346 g/mol. The van der Waals surface area contributed by atoms with E-state index in [1.54, 1.807) is 15.9 Å². The molecule has 0 amide bonds. The molecular formula is C19H19N5OS. The van der Waals surface area contributed by atoms with Crippen LogP contribution in [0.5, 0.6) is 0 Å². The number of anilines is 1. The zero-order chi connectivity index (χ0) is 17.8. The van der Waals surface area contributed by atoms with Crippen molar-refractivity contribution in [3.8, 4) is 11.4 Å². The molecule has 0 aliphatic carbocycles. The molecule has 1 aromatic carbocycles. The number of nitrogens with zero attached hydrogens (tertiary/aromatic N) is 4. The number of thiophene rings is 1. The molecule has 0 bridgehead atoms. The Balaban J connectivity index is 1.41. The first-order chi connectivity index (χ1) is 12.8. The van der Waals surface area contributed by atoms with Crippen LogP contribution in [0.4, 0.5) is 5.82 Å². The fourth-order valence-corrected chi connectivity index (χ4v) is 3.29. The second-order valence-corrected chi connectivity index (χ2v) is 6.85. The molecule has 0 aliphatic heterocycles. The van der Waals surface area contributed by atoms with Gasteiger partial charge in [-0.1, -0.05) is 30.3 Å². The third kappa shape index (κ3) is 3.74. The van der Waals surface area contributed by atoms with Gasteiger partial charge in [-0.25, -0.2) is 0 Å². The maximum atomic E-state index is 5.79. The first-order valence-electron chi connectivity index (χ1n) is 8.43. The molecule has 0 aliphatic rings. The van der Waals surface area contributed by atoms with E-state index in [-0.39, 0.29) is 6.04 Å². The van der Waals surface area contributed by atoms with Crippen LogP contribution in [0.25, 0.3) is 17.0 Å². The second kappa shape index (κ2) is 7.63. The van der Waals surface area contributed by atoms with Crippen LogP contribution in [-0.2, 0) is 11.3 Å². The number of nitrogens with one attached hydrogen (secondary N) is 1. The van der Waals surface area contributed by atoms with E-state index in [0.29, 0.717) is 13.2 Å². The largest absolute Gasteiger partial charge is 0.375 e. The summed E-state index contributed by atoms with van der Waals surface area (Å²) >= 11 is 1.63. The summed E-state index contributed by atoms with van der Waals surface area (Å²) in [5, 5.41) is 20.5. The quantitative estimate of drug-likeness (QED) is 0.539.